The van der Waals surface area contributed by atoms with Crippen LogP contribution >= 0.6 is 11.6 Å². The van der Waals surface area contributed by atoms with Crippen molar-refractivity contribution in [3.8, 4) is 0 Å². The summed E-state index contributed by atoms with van der Waals surface area (Å²) in [4.78, 5) is 13.5. The van der Waals surface area contributed by atoms with Crippen LogP contribution < -0.4 is 11.1 Å². The molecule has 1 saturated heterocycles. The quantitative estimate of drug-likeness (QED) is 0.787. The Morgan fingerprint density at radius 3 is 2.88 bits per heavy atom. The van der Waals surface area contributed by atoms with Gasteiger partial charge in [0.1, 0.15) is 0 Å². The van der Waals surface area contributed by atoms with Gasteiger partial charge in [0.2, 0.25) is 0 Å². The van der Waals surface area contributed by atoms with E-state index in [-0.39, 0.29) is 12.1 Å². The Bertz CT molecular complexity index is 397. The zero-order valence-electron chi connectivity index (χ0n) is 8.82. The second-order valence-electron chi connectivity index (χ2n) is 3.90. The summed E-state index contributed by atoms with van der Waals surface area (Å²) in [5.41, 5.74) is 6.37. The van der Waals surface area contributed by atoms with Crippen molar-refractivity contribution in [2.24, 2.45) is 5.73 Å². The summed E-state index contributed by atoms with van der Waals surface area (Å²) in [7, 11) is 0. The third-order valence-corrected chi connectivity index (χ3v) is 2.96. The van der Waals surface area contributed by atoms with Gasteiger partial charge in [0.25, 0.3) is 0 Å². The van der Waals surface area contributed by atoms with Crippen molar-refractivity contribution in [1.82, 2.24) is 4.90 Å². The fourth-order valence-corrected chi connectivity index (χ4v) is 1.91. The largest absolute Gasteiger partial charge is 0.326 e. The van der Waals surface area contributed by atoms with Crippen molar-refractivity contribution in [3.05, 3.63) is 29.3 Å². The summed E-state index contributed by atoms with van der Waals surface area (Å²) >= 11 is 5.95. The van der Waals surface area contributed by atoms with Gasteiger partial charge in [0, 0.05) is 19.1 Å². The van der Waals surface area contributed by atoms with Crippen molar-refractivity contribution < 1.29 is 4.79 Å². The van der Waals surface area contributed by atoms with Crippen LogP contribution in [0.25, 0.3) is 0 Å². The highest BCUT2D eigenvalue weighted by atomic mass is 35.5. The molecule has 1 atom stereocenters. The summed E-state index contributed by atoms with van der Waals surface area (Å²) in [6, 6.07) is 7.13. The number of urea groups is 1. The number of halogens is 1. The van der Waals surface area contributed by atoms with Crippen LogP contribution in [0.5, 0.6) is 0 Å². The van der Waals surface area contributed by atoms with Crippen LogP contribution in [0.4, 0.5) is 10.5 Å². The lowest BCUT2D eigenvalue weighted by Crippen LogP contribution is -2.35. The van der Waals surface area contributed by atoms with E-state index in [9.17, 15) is 4.79 Å². The van der Waals surface area contributed by atoms with Crippen LogP contribution in [-0.4, -0.2) is 30.1 Å². The minimum atomic E-state index is -0.138. The number of hydrogen-bond donors (Lipinski definition) is 2. The Hall–Kier alpha value is -1.26. The van der Waals surface area contributed by atoms with Crippen molar-refractivity contribution in [2.75, 3.05) is 18.4 Å². The first-order chi connectivity index (χ1) is 7.66. The molecule has 1 unspecified atom stereocenters. The van der Waals surface area contributed by atoms with Gasteiger partial charge in [0.15, 0.2) is 0 Å². The van der Waals surface area contributed by atoms with Gasteiger partial charge in [0.05, 0.1) is 10.7 Å². The molecule has 5 heteroatoms. The van der Waals surface area contributed by atoms with Crippen LogP contribution in [0.1, 0.15) is 6.42 Å². The molecular formula is C11H14ClN3O. The van der Waals surface area contributed by atoms with E-state index in [0.29, 0.717) is 23.8 Å². The molecule has 1 aromatic rings. The minimum Gasteiger partial charge on any atom is -0.326 e. The van der Waals surface area contributed by atoms with Crippen LogP contribution in [-0.2, 0) is 0 Å². The van der Waals surface area contributed by atoms with Crippen LogP contribution in [0.15, 0.2) is 24.3 Å². The van der Waals surface area contributed by atoms with E-state index >= 15 is 0 Å². The summed E-state index contributed by atoms with van der Waals surface area (Å²) in [6.45, 7) is 1.31. The van der Waals surface area contributed by atoms with Gasteiger partial charge in [-0.1, -0.05) is 23.7 Å². The molecule has 1 aliphatic rings. The molecule has 0 aromatic heterocycles. The molecule has 1 aliphatic heterocycles. The van der Waals surface area contributed by atoms with E-state index < -0.39 is 0 Å². The van der Waals surface area contributed by atoms with Gasteiger partial charge in [-0.2, -0.15) is 0 Å². The monoisotopic (exact) mass is 239 g/mol. The van der Waals surface area contributed by atoms with Crippen molar-refractivity contribution in [1.29, 1.82) is 0 Å². The van der Waals surface area contributed by atoms with Gasteiger partial charge in [-0.3, -0.25) is 0 Å². The number of para-hydroxylation sites is 1. The molecule has 86 valence electrons. The third kappa shape index (κ3) is 2.46. The fraction of sp³-hybridized carbons (Fsp3) is 0.364. The minimum absolute atomic E-state index is 0.0944. The summed E-state index contributed by atoms with van der Waals surface area (Å²) < 4.78 is 0. The lowest BCUT2D eigenvalue weighted by Gasteiger charge is -2.17. The average molecular weight is 240 g/mol. The summed E-state index contributed by atoms with van der Waals surface area (Å²) in [6.07, 6.45) is 0.857. The Morgan fingerprint density at radius 1 is 1.50 bits per heavy atom. The van der Waals surface area contributed by atoms with E-state index in [1.165, 1.54) is 0 Å². The van der Waals surface area contributed by atoms with E-state index in [4.69, 9.17) is 17.3 Å². The van der Waals surface area contributed by atoms with Gasteiger partial charge in [-0.25, -0.2) is 4.79 Å². The number of benzene rings is 1. The highest BCUT2D eigenvalue weighted by Gasteiger charge is 2.23. The second kappa shape index (κ2) is 4.72. The molecule has 0 spiro atoms. The Labute approximate surface area is 99.4 Å². The van der Waals surface area contributed by atoms with Gasteiger partial charge in [-0.05, 0) is 18.6 Å². The highest BCUT2D eigenvalue weighted by molar-refractivity contribution is 6.33. The molecule has 1 aromatic carbocycles. The average Bonchev–Trinajstić information content (AvgIpc) is 2.68. The molecule has 2 amide bonds. The highest BCUT2D eigenvalue weighted by Crippen LogP contribution is 2.21. The van der Waals surface area contributed by atoms with Gasteiger partial charge >= 0.3 is 6.03 Å². The molecule has 4 nitrogen and oxygen atoms in total. The molecular weight excluding hydrogens is 226 g/mol. The first-order valence-corrected chi connectivity index (χ1v) is 5.60. The number of nitrogens with one attached hydrogen (secondary N) is 1. The van der Waals surface area contributed by atoms with Crippen LogP contribution in [0, 0.1) is 0 Å². The molecule has 2 rings (SSSR count). The number of carbonyl (C=O) groups is 1. The molecule has 0 radical (unpaired) electrons. The number of amides is 2. The standard InChI is InChI=1S/C11H14ClN3O/c12-9-3-1-2-4-10(9)14-11(16)15-6-5-8(13)7-15/h1-4,8H,5-7,13H2,(H,14,16). The molecule has 1 heterocycles. The molecule has 0 saturated carbocycles. The first-order valence-electron chi connectivity index (χ1n) is 5.23. The predicted molar refractivity (Wildman–Crippen MR) is 64.6 cm³/mol. The fourth-order valence-electron chi connectivity index (χ4n) is 1.73. The van der Waals surface area contributed by atoms with Crippen molar-refractivity contribution in [2.45, 2.75) is 12.5 Å². The molecule has 0 aliphatic carbocycles. The predicted octanol–water partition coefficient (Wildman–Crippen LogP) is 1.90. The summed E-state index contributed by atoms with van der Waals surface area (Å²) in [5.74, 6) is 0. The number of rotatable bonds is 1. The molecule has 3 N–H and O–H groups in total. The van der Waals surface area contributed by atoms with E-state index in [1.807, 2.05) is 12.1 Å². The number of hydrogen-bond acceptors (Lipinski definition) is 2. The molecule has 0 bridgehead atoms. The zero-order chi connectivity index (χ0) is 11.5. The third-order valence-electron chi connectivity index (χ3n) is 2.63. The van der Waals surface area contributed by atoms with Crippen molar-refractivity contribution >= 4 is 23.3 Å². The summed E-state index contributed by atoms with van der Waals surface area (Å²) in [5, 5.41) is 3.31. The number of nitrogens with zero attached hydrogens (tertiary/aromatic N) is 1. The van der Waals surface area contributed by atoms with E-state index in [0.717, 1.165) is 6.42 Å². The Kier molecular flexibility index (Phi) is 3.31. The number of anilines is 1. The Morgan fingerprint density at radius 2 is 2.25 bits per heavy atom. The number of carbonyl (C=O) groups excluding carboxylic acids is 1. The topological polar surface area (TPSA) is 58.4 Å². The Balaban J connectivity index is 2.00. The lowest BCUT2D eigenvalue weighted by atomic mass is 10.3. The zero-order valence-corrected chi connectivity index (χ0v) is 9.57. The normalized spacial score (nSPS) is 19.9. The lowest BCUT2D eigenvalue weighted by molar-refractivity contribution is 0.222. The second-order valence-corrected chi connectivity index (χ2v) is 4.31. The van der Waals surface area contributed by atoms with E-state index in [2.05, 4.69) is 5.32 Å². The van der Waals surface area contributed by atoms with Crippen LogP contribution in [0.2, 0.25) is 5.02 Å². The maximum atomic E-state index is 11.8. The number of nitrogens with two attached hydrogens (primary N) is 1. The smallest absolute Gasteiger partial charge is 0.321 e. The van der Waals surface area contributed by atoms with Crippen LogP contribution in [0.3, 0.4) is 0 Å². The SMILES string of the molecule is NC1CCN(C(=O)Nc2ccccc2Cl)C1. The maximum Gasteiger partial charge on any atom is 0.321 e. The van der Waals surface area contributed by atoms with Crippen molar-refractivity contribution in [3.63, 3.8) is 0 Å². The van der Waals surface area contributed by atoms with Gasteiger partial charge < -0.3 is 16.0 Å². The van der Waals surface area contributed by atoms with E-state index in [1.54, 1.807) is 17.0 Å². The first kappa shape index (κ1) is 11.2. The maximum absolute atomic E-state index is 11.8. The van der Waals surface area contributed by atoms with Gasteiger partial charge in [-0.15, -0.1) is 0 Å². The molecule has 16 heavy (non-hydrogen) atoms. The number of likely N-dealkylation sites (tertiary alicyclic amines) is 1. The molecule has 1 fully saturated rings.